The number of pyridine rings is 1. The molecule has 1 N–H and O–H groups in total. The van der Waals surface area contributed by atoms with E-state index in [1.54, 1.807) is 30.6 Å². The zero-order valence-electron chi connectivity index (χ0n) is 7.19. The molecule has 0 fully saturated rings. The van der Waals surface area contributed by atoms with Crippen LogP contribution in [0.5, 0.6) is 0 Å². The maximum Gasteiger partial charge on any atom is 0.271 e. The molecule has 4 nitrogen and oxygen atoms in total. The molecule has 0 radical (unpaired) electrons. The first-order valence-corrected chi connectivity index (χ1v) is 3.96. The predicted octanol–water partition coefficient (Wildman–Crippen LogP) is 0.869. The van der Waals surface area contributed by atoms with Gasteiger partial charge in [-0.2, -0.15) is 0 Å². The summed E-state index contributed by atoms with van der Waals surface area (Å²) in [6, 6.07) is 5.11. The number of hydrogen-bond acceptors (Lipinski definition) is 2. The molecule has 0 aliphatic rings. The Balaban J connectivity index is 2.59. The highest BCUT2D eigenvalue weighted by Gasteiger charge is 2.00. The molecule has 0 aromatic carbocycles. The second-order valence-electron chi connectivity index (χ2n) is 2.82. The normalized spacial score (nSPS) is 10.2. The molecule has 66 valence electrons. The highest BCUT2D eigenvalue weighted by Crippen LogP contribution is 2.00. The van der Waals surface area contributed by atoms with Gasteiger partial charge in [0, 0.05) is 24.2 Å². The van der Waals surface area contributed by atoms with Gasteiger partial charge in [0.15, 0.2) is 0 Å². The molecule has 2 aromatic heterocycles. The lowest BCUT2D eigenvalue weighted by Crippen LogP contribution is -2.13. The number of nitrogens with one attached hydrogen (secondary N) is 1. The van der Waals surface area contributed by atoms with Crippen molar-refractivity contribution >= 4 is 0 Å². The van der Waals surface area contributed by atoms with Crippen molar-refractivity contribution in [1.82, 2.24) is 14.8 Å². The molecule has 0 amide bonds. The Kier molecular flexibility index (Phi) is 1.73. The Bertz CT molecular complexity index is 455. The molecule has 0 spiro atoms. The summed E-state index contributed by atoms with van der Waals surface area (Å²) in [7, 11) is 0. The van der Waals surface area contributed by atoms with E-state index >= 15 is 0 Å². The van der Waals surface area contributed by atoms with Crippen LogP contribution in [-0.2, 0) is 0 Å². The van der Waals surface area contributed by atoms with E-state index < -0.39 is 0 Å². The van der Waals surface area contributed by atoms with Gasteiger partial charge in [-0.3, -0.25) is 14.9 Å². The molecular formula is C9H9N3O. The average Bonchev–Trinajstić information content (AvgIpc) is 2.47. The molecule has 2 heterocycles. The first-order chi connectivity index (χ1) is 6.27. The van der Waals surface area contributed by atoms with Crippen LogP contribution in [0.1, 0.15) is 5.69 Å². The second-order valence-corrected chi connectivity index (χ2v) is 2.82. The molecule has 0 unspecified atom stereocenters. The van der Waals surface area contributed by atoms with Crippen LogP contribution in [0.3, 0.4) is 0 Å². The lowest BCUT2D eigenvalue weighted by Gasteiger charge is -1.98. The third-order valence-electron chi connectivity index (χ3n) is 1.77. The fourth-order valence-corrected chi connectivity index (χ4v) is 1.20. The van der Waals surface area contributed by atoms with E-state index in [9.17, 15) is 4.79 Å². The van der Waals surface area contributed by atoms with E-state index in [-0.39, 0.29) is 5.56 Å². The molecule has 0 bridgehead atoms. The molecule has 0 aliphatic heterocycles. The summed E-state index contributed by atoms with van der Waals surface area (Å²) in [4.78, 5) is 15.2. The highest BCUT2D eigenvalue weighted by molar-refractivity contribution is 5.27. The third kappa shape index (κ3) is 1.38. The maximum atomic E-state index is 11.4. The summed E-state index contributed by atoms with van der Waals surface area (Å²) >= 11 is 0. The van der Waals surface area contributed by atoms with Gasteiger partial charge in [-0.1, -0.05) is 0 Å². The minimum absolute atomic E-state index is 0.0521. The lowest BCUT2D eigenvalue weighted by molar-refractivity contribution is 0.833. The molecule has 0 saturated carbocycles. The summed E-state index contributed by atoms with van der Waals surface area (Å²) in [5.41, 5.74) is 1.60. The topological polar surface area (TPSA) is 50.7 Å². The van der Waals surface area contributed by atoms with Crippen molar-refractivity contribution in [2.45, 2.75) is 6.92 Å². The van der Waals surface area contributed by atoms with Gasteiger partial charge < -0.3 is 0 Å². The second kappa shape index (κ2) is 2.90. The van der Waals surface area contributed by atoms with E-state index in [0.29, 0.717) is 0 Å². The van der Waals surface area contributed by atoms with Gasteiger partial charge in [-0.25, -0.2) is 4.68 Å². The van der Waals surface area contributed by atoms with Crippen LogP contribution in [0.25, 0.3) is 5.69 Å². The van der Waals surface area contributed by atoms with Crippen LogP contribution in [-0.4, -0.2) is 14.8 Å². The molecule has 4 heteroatoms. The van der Waals surface area contributed by atoms with E-state index in [1.165, 1.54) is 4.68 Å². The fraction of sp³-hybridized carbons (Fsp3) is 0.111. The number of aromatic nitrogens is 3. The summed E-state index contributed by atoms with van der Waals surface area (Å²) in [6.07, 6.45) is 3.30. The number of aromatic amines is 1. The van der Waals surface area contributed by atoms with Crippen LogP contribution in [0, 0.1) is 6.92 Å². The Morgan fingerprint density at radius 1 is 1.38 bits per heavy atom. The van der Waals surface area contributed by atoms with E-state index in [2.05, 4.69) is 10.1 Å². The van der Waals surface area contributed by atoms with E-state index in [1.807, 2.05) is 6.92 Å². The molecule has 0 saturated heterocycles. The third-order valence-corrected chi connectivity index (χ3v) is 1.77. The van der Waals surface area contributed by atoms with Crippen molar-refractivity contribution in [3.8, 4) is 5.69 Å². The van der Waals surface area contributed by atoms with Crippen molar-refractivity contribution in [2.75, 3.05) is 0 Å². The fourth-order valence-electron chi connectivity index (χ4n) is 1.20. The number of nitrogens with zero attached hydrogens (tertiary/aromatic N) is 2. The van der Waals surface area contributed by atoms with Crippen LogP contribution in [0.2, 0.25) is 0 Å². The van der Waals surface area contributed by atoms with Gasteiger partial charge in [0.2, 0.25) is 0 Å². The number of hydrogen-bond donors (Lipinski definition) is 1. The number of H-pyrrole nitrogens is 1. The molecule has 2 aromatic rings. The van der Waals surface area contributed by atoms with Crippen molar-refractivity contribution in [3.63, 3.8) is 0 Å². The zero-order valence-corrected chi connectivity index (χ0v) is 7.19. The van der Waals surface area contributed by atoms with Crippen molar-refractivity contribution < 1.29 is 0 Å². The molecule has 0 aliphatic carbocycles. The van der Waals surface area contributed by atoms with Crippen LogP contribution in [0.4, 0.5) is 0 Å². The van der Waals surface area contributed by atoms with E-state index in [4.69, 9.17) is 0 Å². The van der Waals surface area contributed by atoms with Gasteiger partial charge >= 0.3 is 0 Å². The smallest absolute Gasteiger partial charge is 0.271 e. The minimum Gasteiger partial charge on any atom is -0.295 e. The van der Waals surface area contributed by atoms with Crippen molar-refractivity contribution in [1.29, 1.82) is 0 Å². The Morgan fingerprint density at radius 3 is 2.62 bits per heavy atom. The summed E-state index contributed by atoms with van der Waals surface area (Å²) in [6.45, 7) is 1.85. The number of rotatable bonds is 1. The standard InChI is InChI=1S/C9H9N3O/c1-7-6-9(13)12(11-7)8-2-4-10-5-3-8/h2-6,11H,1H3. The first-order valence-electron chi connectivity index (χ1n) is 3.96. The summed E-state index contributed by atoms with van der Waals surface area (Å²) in [5.74, 6) is 0. The van der Waals surface area contributed by atoms with E-state index in [0.717, 1.165) is 11.4 Å². The highest BCUT2D eigenvalue weighted by atomic mass is 16.1. The Hall–Kier alpha value is -1.84. The first kappa shape index (κ1) is 7.79. The molecule has 0 atom stereocenters. The Labute approximate surface area is 74.8 Å². The zero-order chi connectivity index (χ0) is 9.26. The Morgan fingerprint density at radius 2 is 2.08 bits per heavy atom. The SMILES string of the molecule is Cc1cc(=O)n(-c2ccncc2)[nH]1. The van der Waals surface area contributed by atoms with Crippen LogP contribution in [0.15, 0.2) is 35.4 Å². The van der Waals surface area contributed by atoms with Gasteiger partial charge in [0.25, 0.3) is 5.56 Å². The summed E-state index contributed by atoms with van der Waals surface area (Å²) in [5, 5.41) is 2.94. The number of aryl methyl sites for hydroxylation is 1. The molecule has 13 heavy (non-hydrogen) atoms. The molecular weight excluding hydrogens is 166 g/mol. The van der Waals surface area contributed by atoms with Gasteiger partial charge in [-0.05, 0) is 19.1 Å². The lowest BCUT2D eigenvalue weighted by atomic mass is 10.4. The van der Waals surface area contributed by atoms with Crippen LogP contribution >= 0.6 is 0 Å². The quantitative estimate of drug-likeness (QED) is 0.699. The van der Waals surface area contributed by atoms with Crippen molar-refractivity contribution in [3.05, 3.63) is 46.6 Å². The maximum absolute atomic E-state index is 11.4. The van der Waals surface area contributed by atoms with Crippen molar-refractivity contribution in [2.24, 2.45) is 0 Å². The van der Waals surface area contributed by atoms with Crippen LogP contribution < -0.4 is 5.56 Å². The average molecular weight is 175 g/mol. The molecule has 2 rings (SSSR count). The largest absolute Gasteiger partial charge is 0.295 e. The monoisotopic (exact) mass is 175 g/mol. The van der Waals surface area contributed by atoms with Gasteiger partial charge in [-0.15, -0.1) is 0 Å². The van der Waals surface area contributed by atoms with Gasteiger partial charge in [0.1, 0.15) is 0 Å². The minimum atomic E-state index is -0.0521. The van der Waals surface area contributed by atoms with Gasteiger partial charge in [0.05, 0.1) is 5.69 Å². The summed E-state index contributed by atoms with van der Waals surface area (Å²) < 4.78 is 1.48. The predicted molar refractivity (Wildman–Crippen MR) is 48.9 cm³/mol.